The second kappa shape index (κ2) is 7.02. The summed E-state index contributed by atoms with van der Waals surface area (Å²) in [5, 5.41) is 0. The topological polar surface area (TPSA) is 51.3 Å². The van der Waals surface area contributed by atoms with Gasteiger partial charge < -0.3 is 15.2 Å². The van der Waals surface area contributed by atoms with Gasteiger partial charge in [-0.05, 0) is 50.6 Å². The van der Waals surface area contributed by atoms with Gasteiger partial charge in [0.25, 0.3) is 0 Å². The summed E-state index contributed by atoms with van der Waals surface area (Å²) in [7, 11) is 3.94. The molecular formula is C15H23N3OS. The Labute approximate surface area is 123 Å². The van der Waals surface area contributed by atoms with Crippen LogP contribution < -0.4 is 10.6 Å². The molecule has 4 nitrogen and oxygen atoms in total. The van der Waals surface area contributed by atoms with E-state index in [-0.39, 0.29) is 4.87 Å². The molecule has 1 heterocycles. The van der Waals surface area contributed by atoms with Gasteiger partial charge in [0.05, 0.1) is 10.2 Å². The molecule has 0 atom stereocenters. The molecule has 0 unspecified atom stereocenters. The fraction of sp³-hybridized carbons (Fsp3) is 0.533. The number of fused-ring (bicyclic) bond motifs is 1. The average Bonchev–Trinajstić information content (AvgIpc) is 2.70. The number of rotatable bonds is 7. The van der Waals surface area contributed by atoms with Crippen LogP contribution in [0.3, 0.4) is 0 Å². The van der Waals surface area contributed by atoms with Gasteiger partial charge in [0.1, 0.15) is 0 Å². The van der Waals surface area contributed by atoms with Crippen LogP contribution in [-0.2, 0) is 13.5 Å². The monoisotopic (exact) mass is 293 g/mol. The molecule has 5 heteroatoms. The number of thiazole rings is 1. The first-order valence-electron chi connectivity index (χ1n) is 7.09. The number of likely N-dealkylation sites (N-methyl/N-ethyl adjacent to an activating group) is 1. The minimum atomic E-state index is 0.112. The summed E-state index contributed by atoms with van der Waals surface area (Å²) < 4.78 is 2.81. The van der Waals surface area contributed by atoms with Gasteiger partial charge in [0, 0.05) is 20.1 Å². The third-order valence-corrected chi connectivity index (χ3v) is 4.62. The van der Waals surface area contributed by atoms with E-state index in [1.165, 1.54) is 29.7 Å². The maximum Gasteiger partial charge on any atom is 0.307 e. The molecule has 0 saturated carbocycles. The van der Waals surface area contributed by atoms with E-state index in [1.807, 2.05) is 7.05 Å². The van der Waals surface area contributed by atoms with Crippen molar-refractivity contribution in [3.63, 3.8) is 0 Å². The van der Waals surface area contributed by atoms with Crippen molar-refractivity contribution in [2.45, 2.75) is 19.3 Å². The second-order valence-corrected chi connectivity index (χ2v) is 6.27. The average molecular weight is 293 g/mol. The van der Waals surface area contributed by atoms with Gasteiger partial charge in [0.2, 0.25) is 0 Å². The molecule has 0 aliphatic heterocycles. The van der Waals surface area contributed by atoms with Gasteiger partial charge in [-0.25, -0.2) is 0 Å². The van der Waals surface area contributed by atoms with Crippen LogP contribution in [0.4, 0.5) is 0 Å². The number of aryl methyl sites for hydroxylation is 2. The van der Waals surface area contributed by atoms with E-state index in [1.54, 1.807) is 4.57 Å². The summed E-state index contributed by atoms with van der Waals surface area (Å²) in [6, 6.07) is 6.35. The highest BCUT2D eigenvalue weighted by Crippen LogP contribution is 2.19. The Balaban J connectivity index is 1.89. The molecule has 0 saturated heterocycles. The summed E-state index contributed by atoms with van der Waals surface area (Å²) in [6.07, 6.45) is 3.42. The van der Waals surface area contributed by atoms with Crippen LogP contribution in [0.5, 0.6) is 0 Å². The van der Waals surface area contributed by atoms with Crippen molar-refractivity contribution in [2.24, 2.45) is 12.8 Å². The van der Waals surface area contributed by atoms with Crippen LogP contribution in [0.15, 0.2) is 23.0 Å². The molecule has 1 aromatic heterocycles. The van der Waals surface area contributed by atoms with E-state index >= 15 is 0 Å². The van der Waals surface area contributed by atoms with E-state index in [0.717, 1.165) is 36.3 Å². The Hall–Kier alpha value is -1.17. The Morgan fingerprint density at radius 1 is 1.30 bits per heavy atom. The molecule has 1 aromatic carbocycles. The van der Waals surface area contributed by atoms with Crippen molar-refractivity contribution in [1.29, 1.82) is 0 Å². The molecule has 0 aliphatic rings. The minimum absolute atomic E-state index is 0.112. The van der Waals surface area contributed by atoms with Crippen molar-refractivity contribution in [3.05, 3.63) is 33.4 Å². The van der Waals surface area contributed by atoms with E-state index in [0.29, 0.717) is 0 Å². The molecule has 20 heavy (non-hydrogen) atoms. The number of nitrogens with zero attached hydrogens (tertiary/aromatic N) is 2. The Morgan fingerprint density at radius 3 is 2.85 bits per heavy atom. The Kier molecular flexibility index (Phi) is 5.34. The SMILES string of the molecule is CN(CCN)CCCCc1ccc2c(c1)sc(=O)n2C. The van der Waals surface area contributed by atoms with Gasteiger partial charge >= 0.3 is 4.87 Å². The third kappa shape index (κ3) is 3.69. The van der Waals surface area contributed by atoms with Crippen LogP contribution in [0.1, 0.15) is 18.4 Å². The third-order valence-electron chi connectivity index (χ3n) is 3.62. The van der Waals surface area contributed by atoms with E-state index in [4.69, 9.17) is 5.73 Å². The molecular weight excluding hydrogens is 270 g/mol. The highest BCUT2D eigenvalue weighted by atomic mass is 32.1. The van der Waals surface area contributed by atoms with Gasteiger partial charge in [-0.1, -0.05) is 17.4 Å². The fourth-order valence-corrected chi connectivity index (χ4v) is 3.32. The van der Waals surface area contributed by atoms with Crippen molar-refractivity contribution in [3.8, 4) is 0 Å². The summed E-state index contributed by atoms with van der Waals surface area (Å²) in [5.74, 6) is 0. The van der Waals surface area contributed by atoms with E-state index in [2.05, 4.69) is 30.1 Å². The normalized spacial score (nSPS) is 11.6. The molecule has 2 N–H and O–H groups in total. The number of unbranched alkanes of at least 4 members (excludes halogenated alkanes) is 1. The highest BCUT2D eigenvalue weighted by Gasteiger charge is 2.05. The Bertz CT molecular complexity index is 617. The van der Waals surface area contributed by atoms with Crippen molar-refractivity contribution in [1.82, 2.24) is 9.47 Å². The van der Waals surface area contributed by atoms with Crippen molar-refractivity contribution < 1.29 is 0 Å². The van der Waals surface area contributed by atoms with Crippen molar-refractivity contribution in [2.75, 3.05) is 26.7 Å². The maximum absolute atomic E-state index is 11.6. The lowest BCUT2D eigenvalue weighted by Crippen LogP contribution is -2.26. The zero-order valence-electron chi connectivity index (χ0n) is 12.3. The molecule has 0 spiro atoms. The predicted octanol–water partition coefficient (Wildman–Crippen LogP) is 1.81. The van der Waals surface area contributed by atoms with Gasteiger partial charge in [-0.3, -0.25) is 4.79 Å². The molecule has 2 aromatic rings. The van der Waals surface area contributed by atoms with Gasteiger partial charge in [-0.15, -0.1) is 0 Å². The second-order valence-electron chi connectivity index (χ2n) is 5.28. The lowest BCUT2D eigenvalue weighted by atomic mass is 10.1. The number of aromatic nitrogens is 1. The summed E-state index contributed by atoms with van der Waals surface area (Å²) in [6.45, 7) is 2.78. The van der Waals surface area contributed by atoms with Crippen LogP contribution in [-0.4, -0.2) is 36.1 Å². The number of nitrogens with two attached hydrogens (primary N) is 1. The van der Waals surface area contributed by atoms with E-state index < -0.39 is 0 Å². The molecule has 0 amide bonds. The molecule has 110 valence electrons. The first-order valence-corrected chi connectivity index (χ1v) is 7.90. The lowest BCUT2D eigenvalue weighted by molar-refractivity contribution is 0.335. The van der Waals surface area contributed by atoms with Crippen LogP contribution in [0.2, 0.25) is 0 Å². The van der Waals surface area contributed by atoms with Crippen LogP contribution in [0.25, 0.3) is 10.2 Å². The quantitative estimate of drug-likeness (QED) is 0.792. The first-order chi connectivity index (χ1) is 9.61. The molecule has 2 rings (SSSR count). The first kappa shape index (κ1) is 15.2. The molecule has 0 aliphatic carbocycles. The summed E-state index contributed by atoms with van der Waals surface area (Å²) in [5.41, 5.74) is 7.88. The van der Waals surface area contributed by atoms with Crippen molar-refractivity contribution >= 4 is 21.6 Å². The number of benzene rings is 1. The standard InChI is InChI=1S/C15H23N3OS/c1-17(10-8-16)9-4-3-5-12-6-7-13-14(11-12)20-15(19)18(13)2/h6-7,11H,3-5,8-10,16H2,1-2H3. The Morgan fingerprint density at radius 2 is 2.10 bits per heavy atom. The van der Waals surface area contributed by atoms with Crippen LogP contribution in [0, 0.1) is 0 Å². The predicted molar refractivity (Wildman–Crippen MR) is 86.6 cm³/mol. The zero-order chi connectivity index (χ0) is 14.5. The molecule has 0 bridgehead atoms. The van der Waals surface area contributed by atoms with Crippen LogP contribution >= 0.6 is 11.3 Å². The summed E-state index contributed by atoms with van der Waals surface area (Å²) >= 11 is 1.33. The van der Waals surface area contributed by atoms with Gasteiger partial charge in [-0.2, -0.15) is 0 Å². The fourth-order valence-electron chi connectivity index (χ4n) is 2.38. The molecule has 0 radical (unpaired) electrons. The maximum atomic E-state index is 11.6. The molecule has 0 fully saturated rings. The summed E-state index contributed by atoms with van der Waals surface area (Å²) in [4.78, 5) is 14.0. The van der Waals surface area contributed by atoms with Gasteiger partial charge in [0.15, 0.2) is 0 Å². The minimum Gasteiger partial charge on any atom is -0.329 e. The van der Waals surface area contributed by atoms with E-state index in [9.17, 15) is 4.79 Å². The smallest absolute Gasteiger partial charge is 0.307 e. The zero-order valence-corrected chi connectivity index (χ0v) is 13.1. The highest BCUT2D eigenvalue weighted by molar-refractivity contribution is 7.16. The largest absolute Gasteiger partial charge is 0.329 e. The number of hydrogen-bond donors (Lipinski definition) is 1. The lowest BCUT2D eigenvalue weighted by Gasteiger charge is -2.14. The number of hydrogen-bond acceptors (Lipinski definition) is 4.